The van der Waals surface area contributed by atoms with Gasteiger partial charge in [0.25, 0.3) is 0 Å². The lowest BCUT2D eigenvalue weighted by Gasteiger charge is -2.28. The number of primary amides is 1. The number of aryl methyl sites for hydroxylation is 3. The second-order valence-electron chi connectivity index (χ2n) is 5.70. The predicted molar refractivity (Wildman–Crippen MR) is 87.0 cm³/mol. The number of aromatic nitrogens is 2. The van der Waals surface area contributed by atoms with Crippen molar-refractivity contribution in [2.45, 2.75) is 26.3 Å². The van der Waals surface area contributed by atoms with Gasteiger partial charge in [-0.1, -0.05) is 6.07 Å². The maximum atomic E-state index is 11.6. The number of hydrogen-bond donors (Lipinski definition) is 2. The summed E-state index contributed by atoms with van der Waals surface area (Å²) in [5.74, 6) is 0. The third kappa shape index (κ3) is 2.77. The van der Waals surface area contributed by atoms with Crippen molar-refractivity contribution < 1.29 is 4.79 Å². The van der Waals surface area contributed by atoms with Crippen molar-refractivity contribution >= 4 is 17.4 Å². The fourth-order valence-corrected chi connectivity index (χ4v) is 2.93. The van der Waals surface area contributed by atoms with E-state index in [9.17, 15) is 4.79 Å². The van der Waals surface area contributed by atoms with E-state index >= 15 is 0 Å². The van der Waals surface area contributed by atoms with Crippen LogP contribution in [0.25, 0.3) is 0 Å². The molecule has 3 rings (SSSR count). The monoisotopic (exact) mass is 299 g/mol. The molecule has 0 bridgehead atoms. The average Bonchev–Trinajstić information content (AvgIpc) is 2.82. The Labute approximate surface area is 129 Å². The minimum Gasteiger partial charge on any atom is -0.381 e. The van der Waals surface area contributed by atoms with Crippen LogP contribution in [0.5, 0.6) is 0 Å². The first-order valence-electron chi connectivity index (χ1n) is 7.47. The van der Waals surface area contributed by atoms with E-state index in [-0.39, 0.29) is 6.03 Å². The smallest absolute Gasteiger partial charge is 0.319 e. The van der Waals surface area contributed by atoms with Crippen molar-refractivity contribution in [2.24, 2.45) is 12.8 Å². The van der Waals surface area contributed by atoms with Crippen LogP contribution in [0.3, 0.4) is 0 Å². The predicted octanol–water partition coefficient (Wildman–Crippen LogP) is 2.17. The maximum absolute atomic E-state index is 11.6. The summed E-state index contributed by atoms with van der Waals surface area (Å²) in [6.07, 6.45) is 3.95. The zero-order valence-electron chi connectivity index (χ0n) is 13.0. The summed E-state index contributed by atoms with van der Waals surface area (Å²) in [5.41, 5.74) is 10.7. The Morgan fingerprint density at radius 1 is 1.45 bits per heavy atom. The largest absolute Gasteiger partial charge is 0.381 e. The van der Waals surface area contributed by atoms with E-state index < -0.39 is 0 Å². The summed E-state index contributed by atoms with van der Waals surface area (Å²) in [6.45, 7) is 3.39. The molecule has 0 spiro atoms. The van der Waals surface area contributed by atoms with Crippen LogP contribution in [0, 0.1) is 6.92 Å². The van der Waals surface area contributed by atoms with Gasteiger partial charge in [-0.2, -0.15) is 5.10 Å². The quantitative estimate of drug-likeness (QED) is 0.912. The van der Waals surface area contributed by atoms with Gasteiger partial charge in [0.2, 0.25) is 0 Å². The van der Waals surface area contributed by atoms with Crippen molar-refractivity contribution in [1.82, 2.24) is 9.78 Å². The molecule has 2 amide bonds. The minimum atomic E-state index is -0.388. The normalized spacial score (nSPS) is 13.8. The second kappa shape index (κ2) is 5.71. The Morgan fingerprint density at radius 3 is 2.95 bits per heavy atom. The molecule has 0 aliphatic carbocycles. The van der Waals surface area contributed by atoms with Gasteiger partial charge in [0, 0.05) is 37.6 Å². The Balaban J connectivity index is 1.79. The average molecular weight is 299 g/mol. The summed E-state index contributed by atoms with van der Waals surface area (Å²) in [4.78, 5) is 13.2. The Hall–Kier alpha value is -2.50. The molecular formula is C16H21N5O. The van der Waals surface area contributed by atoms with Gasteiger partial charge in [0.1, 0.15) is 0 Å². The maximum Gasteiger partial charge on any atom is 0.319 e. The molecule has 1 aromatic carbocycles. The lowest BCUT2D eigenvalue weighted by Crippen LogP contribution is -2.39. The molecule has 2 heterocycles. The van der Waals surface area contributed by atoms with Crippen molar-refractivity contribution in [3.8, 4) is 0 Å². The molecule has 22 heavy (non-hydrogen) atoms. The highest BCUT2D eigenvalue weighted by Gasteiger charge is 2.20. The molecular weight excluding hydrogens is 278 g/mol. The lowest BCUT2D eigenvalue weighted by atomic mass is 10.0. The fourth-order valence-electron chi connectivity index (χ4n) is 2.93. The first-order valence-corrected chi connectivity index (χ1v) is 7.47. The molecule has 6 heteroatoms. The molecule has 116 valence electrons. The van der Waals surface area contributed by atoms with Gasteiger partial charge in [-0.3, -0.25) is 9.58 Å². The molecule has 1 aliphatic rings. The molecule has 0 saturated carbocycles. The van der Waals surface area contributed by atoms with Crippen LogP contribution in [-0.4, -0.2) is 22.4 Å². The van der Waals surface area contributed by atoms with Crippen LogP contribution in [0.15, 0.2) is 24.4 Å². The third-order valence-corrected chi connectivity index (χ3v) is 4.07. The van der Waals surface area contributed by atoms with Gasteiger partial charge in [-0.15, -0.1) is 0 Å². The first kappa shape index (κ1) is 14.4. The van der Waals surface area contributed by atoms with Gasteiger partial charge in [0.05, 0.1) is 11.4 Å². The minimum absolute atomic E-state index is 0.388. The standard InChI is InChI=1S/C16H21N5O/c1-11-13(10-20(2)19-11)9-18-14-6-5-12-4-3-7-21(16(17)22)15(12)8-14/h5-6,8,10,18H,3-4,7,9H2,1-2H3,(H2,17,22). The topological polar surface area (TPSA) is 76.2 Å². The van der Waals surface area contributed by atoms with E-state index in [2.05, 4.69) is 22.5 Å². The SMILES string of the molecule is Cc1nn(C)cc1CNc1ccc2c(c1)N(C(N)=O)CCC2. The molecule has 2 aromatic rings. The molecule has 0 fully saturated rings. The summed E-state index contributed by atoms with van der Waals surface area (Å²) >= 11 is 0. The zero-order valence-corrected chi connectivity index (χ0v) is 13.0. The van der Waals surface area contributed by atoms with E-state index in [1.54, 1.807) is 4.90 Å². The number of hydrogen-bond acceptors (Lipinski definition) is 3. The van der Waals surface area contributed by atoms with E-state index in [0.717, 1.165) is 35.5 Å². The van der Waals surface area contributed by atoms with Crippen molar-refractivity contribution in [3.05, 3.63) is 41.2 Å². The van der Waals surface area contributed by atoms with E-state index in [1.807, 2.05) is 30.9 Å². The van der Waals surface area contributed by atoms with Gasteiger partial charge in [0.15, 0.2) is 0 Å². The van der Waals surface area contributed by atoms with Crippen molar-refractivity contribution in [2.75, 3.05) is 16.8 Å². The molecule has 3 N–H and O–H groups in total. The number of nitrogens with two attached hydrogens (primary N) is 1. The molecule has 1 aliphatic heterocycles. The van der Waals surface area contributed by atoms with Gasteiger partial charge >= 0.3 is 6.03 Å². The number of nitrogens with one attached hydrogen (secondary N) is 1. The Morgan fingerprint density at radius 2 is 2.27 bits per heavy atom. The fraction of sp³-hybridized carbons (Fsp3) is 0.375. The van der Waals surface area contributed by atoms with E-state index in [0.29, 0.717) is 13.1 Å². The van der Waals surface area contributed by atoms with Gasteiger partial charge in [-0.25, -0.2) is 4.79 Å². The summed E-state index contributed by atoms with van der Waals surface area (Å²) in [7, 11) is 1.92. The number of carbonyl (C=O) groups excluding carboxylic acids is 1. The van der Waals surface area contributed by atoms with Crippen LogP contribution in [-0.2, 0) is 20.0 Å². The number of rotatable bonds is 3. The number of benzene rings is 1. The second-order valence-corrected chi connectivity index (χ2v) is 5.70. The van der Waals surface area contributed by atoms with Crippen molar-refractivity contribution in [1.29, 1.82) is 0 Å². The number of fused-ring (bicyclic) bond motifs is 1. The Kier molecular flexibility index (Phi) is 3.75. The molecule has 0 unspecified atom stereocenters. The highest BCUT2D eigenvalue weighted by atomic mass is 16.2. The highest BCUT2D eigenvalue weighted by molar-refractivity contribution is 5.92. The summed E-state index contributed by atoms with van der Waals surface area (Å²) in [5, 5.41) is 7.73. The molecule has 0 radical (unpaired) electrons. The van der Waals surface area contributed by atoms with Crippen LogP contribution < -0.4 is 16.0 Å². The summed E-state index contributed by atoms with van der Waals surface area (Å²) < 4.78 is 1.81. The first-order chi connectivity index (χ1) is 10.5. The van der Waals surface area contributed by atoms with Crippen LogP contribution in [0.2, 0.25) is 0 Å². The number of nitrogens with zero attached hydrogens (tertiary/aromatic N) is 3. The molecule has 6 nitrogen and oxygen atoms in total. The highest BCUT2D eigenvalue weighted by Crippen LogP contribution is 2.30. The van der Waals surface area contributed by atoms with Gasteiger partial charge < -0.3 is 11.1 Å². The lowest BCUT2D eigenvalue weighted by molar-refractivity contribution is 0.253. The van der Waals surface area contributed by atoms with Gasteiger partial charge in [-0.05, 0) is 37.5 Å². The number of carbonyl (C=O) groups is 1. The molecule has 1 aromatic heterocycles. The number of anilines is 2. The van der Waals surface area contributed by atoms with E-state index in [4.69, 9.17) is 5.73 Å². The molecule has 0 atom stereocenters. The number of amides is 2. The van der Waals surface area contributed by atoms with Crippen LogP contribution in [0.1, 0.15) is 23.2 Å². The summed E-state index contributed by atoms with van der Waals surface area (Å²) in [6, 6.07) is 5.74. The Bertz CT molecular complexity index is 707. The molecule has 0 saturated heterocycles. The van der Waals surface area contributed by atoms with Crippen molar-refractivity contribution in [3.63, 3.8) is 0 Å². The third-order valence-electron chi connectivity index (χ3n) is 4.07. The number of urea groups is 1. The van der Waals surface area contributed by atoms with E-state index in [1.165, 1.54) is 5.56 Å². The van der Waals surface area contributed by atoms with Crippen LogP contribution in [0.4, 0.5) is 16.2 Å². The van der Waals surface area contributed by atoms with Crippen LogP contribution >= 0.6 is 0 Å². The zero-order chi connectivity index (χ0) is 15.7.